The summed E-state index contributed by atoms with van der Waals surface area (Å²) in [4.78, 5) is 24.3. The van der Waals surface area contributed by atoms with Crippen LogP contribution in [-0.2, 0) is 4.74 Å². The van der Waals surface area contributed by atoms with Crippen molar-refractivity contribution in [3.8, 4) is 0 Å². The molecular formula is C13H13ClFN7O2. The summed E-state index contributed by atoms with van der Waals surface area (Å²) in [6.45, 7) is 0.465. The summed E-state index contributed by atoms with van der Waals surface area (Å²) in [5, 5.41) is 2.53. The van der Waals surface area contributed by atoms with Crippen molar-refractivity contribution in [1.29, 1.82) is 0 Å². The largest absolute Gasteiger partial charge is 0.443 e. The number of nitrogens with two attached hydrogens (primary N) is 2. The van der Waals surface area contributed by atoms with Gasteiger partial charge in [0.05, 0.1) is 17.9 Å². The molecule has 0 aliphatic carbocycles. The van der Waals surface area contributed by atoms with Gasteiger partial charge in [-0.15, -0.1) is 0 Å². The zero-order chi connectivity index (χ0) is 17.3. The van der Waals surface area contributed by atoms with Crippen LogP contribution in [0.25, 0.3) is 0 Å². The Morgan fingerprint density at radius 2 is 2.21 bits per heavy atom. The first-order chi connectivity index (χ1) is 11.5. The zero-order valence-electron chi connectivity index (χ0n) is 12.2. The SMILES string of the molecule is NC[C@H]1CN(c2ccc(Nc3nc(N)nc(Cl)n3)c(F)c2)C(=O)O1. The van der Waals surface area contributed by atoms with Crippen molar-refractivity contribution in [2.45, 2.75) is 6.10 Å². The van der Waals surface area contributed by atoms with Crippen LogP contribution in [0.4, 0.5) is 32.5 Å². The van der Waals surface area contributed by atoms with Crippen LogP contribution in [0, 0.1) is 5.82 Å². The summed E-state index contributed by atoms with van der Waals surface area (Å²) >= 11 is 5.67. The van der Waals surface area contributed by atoms with Gasteiger partial charge in [-0.25, -0.2) is 9.18 Å². The minimum absolute atomic E-state index is 0.00271. The molecule has 1 aromatic heterocycles. The fourth-order valence-electron chi connectivity index (χ4n) is 2.17. The van der Waals surface area contributed by atoms with E-state index >= 15 is 0 Å². The van der Waals surface area contributed by atoms with Crippen molar-refractivity contribution in [1.82, 2.24) is 15.0 Å². The average Bonchev–Trinajstić information content (AvgIpc) is 2.89. The number of aromatic nitrogens is 3. The smallest absolute Gasteiger partial charge is 0.414 e. The lowest BCUT2D eigenvalue weighted by molar-refractivity contribution is 0.145. The third kappa shape index (κ3) is 3.29. The number of ether oxygens (including phenoxy) is 1. The van der Waals surface area contributed by atoms with Gasteiger partial charge in [0.2, 0.25) is 17.2 Å². The fourth-order valence-corrected chi connectivity index (χ4v) is 2.34. The Morgan fingerprint density at radius 1 is 1.42 bits per heavy atom. The average molecular weight is 354 g/mol. The first-order valence-electron chi connectivity index (χ1n) is 6.88. The molecule has 126 valence electrons. The van der Waals surface area contributed by atoms with Crippen LogP contribution < -0.4 is 21.7 Å². The van der Waals surface area contributed by atoms with Crippen LogP contribution in [0.5, 0.6) is 0 Å². The summed E-state index contributed by atoms with van der Waals surface area (Å²) in [6, 6.07) is 4.17. The summed E-state index contributed by atoms with van der Waals surface area (Å²) < 4.78 is 19.3. The van der Waals surface area contributed by atoms with Gasteiger partial charge >= 0.3 is 6.09 Å². The summed E-state index contributed by atoms with van der Waals surface area (Å²) in [5.41, 5.74) is 11.4. The van der Waals surface area contributed by atoms with Crippen LogP contribution in [0.1, 0.15) is 0 Å². The molecule has 1 aliphatic heterocycles. The maximum Gasteiger partial charge on any atom is 0.414 e. The molecular weight excluding hydrogens is 341 g/mol. The Bertz CT molecular complexity index is 771. The van der Waals surface area contributed by atoms with Gasteiger partial charge in [0.25, 0.3) is 0 Å². The molecule has 1 aliphatic rings. The number of carbonyl (C=O) groups excluding carboxylic acids is 1. The van der Waals surface area contributed by atoms with Crippen LogP contribution in [0.3, 0.4) is 0 Å². The molecule has 0 saturated carbocycles. The van der Waals surface area contributed by atoms with E-state index in [4.69, 9.17) is 27.8 Å². The Morgan fingerprint density at radius 3 is 2.83 bits per heavy atom. The minimum atomic E-state index is -0.619. The predicted molar refractivity (Wildman–Crippen MR) is 85.6 cm³/mol. The molecule has 1 amide bonds. The van der Waals surface area contributed by atoms with E-state index in [1.54, 1.807) is 6.07 Å². The van der Waals surface area contributed by atoms with E-state index in [0.717, 1.165) is 0 Å². The number of hydrogen-bond acceptors (Lipinski definition) is 8. The van der Waals surface area contributed by atoms with Crippen LogP contribution in [0.2, 0.25) is 5.28 Å². The number of carbonyl (C=O) groups is 1. The highest BCUT2D eigenvalue weighted by atomic mass is 35.5. The van der Waals surface area contributed by atoms with Gasteiger partial charge in [0, 0.05) is 6.54 Å². The molecule has 1 aromatic carbocycles. The lowest BCUT2D eigenvalue weighted by Gasteiger charge is -2.14. The van der Waals surface area contributed by atoms with Crippen molar-refractivity contribution in [3.05, 3.63) is 29.3 Å². The number of anilines is 4. The normalized spacial score (nSPS) is 17.0. The van der Waals surface area contributed by atoms with Crippen molar-refractivity contribution in [2.24, 2.45) is 5.73 Å². The molecule has 1 atom stereocenters. The first-order valence-corrected chi connectivity index (χ1v) is 7.26. The topological polar surface area (TPSA) is 132 Å². The summed E-state index contributed by atoms with van der Waals surface area (Å²) in [5.74, 6) is -0.711. The molecule has 2 heterocycles. The molecule has 24 heavy (non-hydrogen) atoms. The molecule has 9 nitrogen and oxygen atoms in total. The van der Waals surface area contributed by atoms with E-state index in [1.165, 1.54) is 17.0 Å². The van der Waals surface area contributed by atoms with Gasteiger partial charge in [-0.1, -0.05) is 0 Å². The van der Waals surface area contributed by atoms with Crippen LogP contribution in [-0.4, -0.2) is 40.2 Å². The van der Waals surface area contributed by atoms with Crippen molar-refractivity contribution in [3.63, 3.8) is 0 Å². The van der Waals surface area contributed by atoms with E-state index in [2.05, 4.69) is 20.3 Å². The first kappa shape index (κ1) is 16.1. The van der Waals surface area contributed by atoms with Crippen molar-refractivity contribution >= 4 is 41.0 Å². The van der Waals surface area contributed by atoms with Gasteiger partial charge in [-0.2, -0.15) is 15.0 Å². The van der Waals surface area contributed by atoms with Gasteiger partial charge < -0.3 is 21.5 Å². The zero-order valence-corrected chi connectivity index (χ0v) is 13.0. The molecule has 3 rings (SSSR count). The molecule has 5 N–H and O–H groups in total. The number of nitrogens with zero attached hydrogens (tertiary/aromatic N) is 4. The molecule has 1 saturated heterocycles. The van der Waals surface area contributed by atoms with Crippen molar-refractivity contribution in [2.75, 3.05) is 29.0 Å². The Labute approximate surface area is 140 Å². The van der Waals surface area contributed by atoms with E-state index in [0.29, 0.717) is 5.69 Å². The monoisotopic (exact) mass is 353 g/mol. The lowest BCUT2D eigenvalue weighted by Crippen LogP contribution is -2.27. The van der Waals surface area contributed by atoms with Gasteiger partial charge in [-0.3, -0.25) is 4.90 Å². The standard InChI is InChI=1S/C13H13ClFN7O2/c14-10-19-11(17)21-12(20-10)18-9-2-1-6(3-8(9)15)22-5-7(4-16)24-13(22)23/h1-3,7H,4-5,16H2,(H3,17,18,19,20,21)/t7-/m0/s1. The third-order valence-electron chi connectivity index (χ3n) is 3.27. The fraction of sp³-hybridized carbons (Fsp3) is 0.231. The number of hydrogen-bond donors (Lipinski definition) is 3. The Hall–Kier alpha value is -2.72. The molecule has 0 radical (unpaired) electrons. The summed E-state index contributed by atoms with van der Waals surface area (Å²) in [7, 11) is 0. The number of amides is 1. The number of nitrogen functional groups attached to an aromatic ring is 1. The summed E-state index contributed by atoms with van der Waals surface area (Å²) in [6.07, 6.45) is -0.976. The number of halogens is 2. The second kappa shape index (κ2) is 6.42. The molecule has 11 heteroatoms. The van der Waals surface area contributed by atoms with Crippen LogP contribution in [0.15, 0.2) is 18.2 Å². The Kier molecular flexibility index (Phi) is 4.32. The lowest BCUT2D eigenvalue weighted by atomic mass is 10.2. The van der Waals surface area contributed by atoms with E-state index < -0.39 is 18.0 Å². The number of nitrogens with one attached hydrogen (secondary N) is 1. The molecule has 0 unspecified atom stereocenters. The van der Waals surface area contributed by atoms with E-state index in [-0.39, 0.29) is 36.0 Å². The number of cyclic esters (lactones) is 1. The Balaban J connectivity index is 1.81. The van der Waals surface area contributed by atoms with Gasteiger partial charge in [-0.05, 0) is 29.8 Å². The van der Waals surface area contributed by atoms with E-state index in [9.17, 15) is 9.18 Å². The quantitative estimate of drug-likeness (QED) is 0.748. The van der Waals surface area contributed by atoms with Crippen LogP contribution >= 0.6 is 11.6 Å². The highest BCUT2D eigenvalue weighted by molar-refractivity contribution is 6.28. The minimum Gasteiger partial charge on any atom is -0.443 e. The maximum atomic E-state index is 14.3. The molecule has 0 bridgehead atoms. The maximum absolute atomic E-state index is 14.3. The second-order valence-electron chi connectivity index (χ2n) is 4.93. The second-order valence-corrected chi connectivity index (χ2v) is 5.27. The van der Waals surface area contributed by atoms with Gasteiger partial charge in [0.15, 0.2) is 0 Å². The van der Waals surface area contributed by atoms with E-state index in [1.807, 2.05) is 0 Å². The van der Waals surface area contributed by atoms with Gasteiger partial charge in [0.1, 0.15) is 11.9 Å². The predicted octanol–water partition coefficient (Wildman–Crippen LogP) is 1.27. The number of benzene rings is 1. The third-order valence-corrected chi connectivity index (χ3v) is 3.44. The molecule has 2 aromatic rings. The highest BCUT2D eigenvalue weighted by Gasteiger charge is 2.31. The van der Waals surface area contributed by atoms with Crippen molar-refractivity contribution < 1.29 is 13.9 Å². The molecule has 1 fully saturated rings. The number of rotatable bonds is 4. The molecule has 0 spiro atoms. The highest BCUT2D eigenvalue weighted by Crippen LogP contribution is 2.27.